The summed E-state index contributed by atoms with van der Waals surface area (Å²) in [5.74, 6) is 0.122. The van der Waals surface area contributed by atoms with E-state index in [1.54, 1.807) is 0 Å². The molecule has 0 bridgehead atoms. The second-order valence-electron chi connectivity index (χ2n) is 6.05. The standard InChI is InChI=1S/C18H24N4OS2/c1-3-12-8-7-9-13(4-2)15(12)20-17-21-22-18(25-17)24-14-10-5-6-11-19-16(14)23/h7-9,14H,3-6,10-11H2,1-2H3,(H,19,23)(H,20,21)/t14-/m0/s1. The maximum Gasteiger partial charge on any atom is 0.233 e. The van der Waals surface area contributed by atoms with E-state index in [-0.39, 0.29) is 11.2 Å². The lowest BCUT2D eigenvalue weighted by Gasteiger charge is -2.13. The number of nitrogens with zero attached hydrogens (tertiary/aromatic N) is 2. The lowest BCUT2D eigenvalue weighted by Crippen LogP contribution is -2.30. The highest BCUT2D eigenvalue weighted by molar-refractivity contribution is 8.02. The van der Waals surface area contributed by atoms with Crippen molar-refractivity contribution in [3.05, 3.63) is 29.3 Å². The number of para-hydroxylation sites is 1. The molecule has 2 heterocycles. The van der Waals surface area contributed by atoms with Crippen LogP contribution in [0.4, 0.5) is 10.8 Å². The van der Waals surface area contributed by atoms with E-state index in [4.69, 9.17) is 0 Å². The zero-order valence-electron chi connectivity index (χ0n) is 14.7. The van der Waals surface area contributed by atoms with E-state index >= 15 is 0 Å². The van der Waals surface area contributed by atoms with Gasteiger partial charge in [0, 0.05) is 12.2 Å². The molecule has 1 aliphatic heterocycles. The van der Waals surface area contributed by atoms with Crippen molar-refractivity contribution in [3.63, 3.8) is 0 Å². The van der Waals surface area contributed by atoms with Crippen molar-refractivity contribution in [2.45, 2.75) is 55.5 Å². The van der Waals surface area contributed by atoms with Crippen LogP contribution >= 0.6 is 23.1 Å². The molecule has 0 unspecified atom stereocenters. The summed E-state index contributed by atoms with van der Waals surface area (Å²) in [7, 11) is 0. The van der Waals surface area contributed by atoms with Crippen LogP contribution in [0.3, 0.4) is 0 Å². The van der Waals surface area contributed by atoms with Crippen molar-refractivity contribution < 1.29 is 4.79 Å². The second kappa shape index (κ2) is 8.67. The highest BCUT2D eigenvalue weighted by atomic mass is 32.2. The second-order valence-corrected chi connectivity index (χ2v) is 8.48. The third kappa shape index (κ3) is 4.52. The summed E-state index contributed by atoms with van der Waals surface area (Å²) in [6.07, 6.45) is 4.97. The van der Waals surface area contributed by atoms with Crippen LogP contribution in [0, 0.1) is 0 Å². The van der Waals surface area contributed by atoms with Gasteiger partial charge in [0.15, 0.2) is 4.34 Å². The van der Waals surface area contributed by atoms with Crippen LogP contribution in [0.15, 0.2) is 22.5 Å². The Morgan fingerprint density at radius 2 is 2.00 bits per heavy atom. The molecule has 1 amide bonds. The molecule has 1 saturated heterocycles. The molecule has 0 saturated carbocycles. The van der Waals surface area contributed by atoms with Gasteiger partial charge in [-0.25, -0.2) is 0 Å². The Kier molecular flexibility index (Phi) is 6.31. The summed E-state index contributed by atoms with van der Waals surface area (Å²) < 4.78 is 0.844. The molecule has 0 aliphatic carbocycles. The number of hydrogen-bond acceptors (Lipinski definition) is 6. The first-order chi connectivity index (χ1) is 12.2. The molecule has 0 radical (unpaired) electrons. The number of carbonyl (C=O) groups excluding carboxylic acids is 1. The number of aryl methyl sites for hydroxylation is 2. The van der Waals surface area contributed by atoms with Crippen molar-refractivity contribution in [1.82, 2.24) is 15.5 Å². The third-order valence-electron chi connectivity index (χ3n) is 4.37. The molecule has 0 spiro atoms. The largest absolute Gasteiger partial charge is 0.355 e. The number of thioether (sulfide) groups is 1. The maximum atomic E-state index is 12.1. The van der Waals surface area contributed by atoms with Gasteiger partial charge in [-0.05, 0) is 36.8 Å². The molecule has 7 heteroatoms. The summed E-state index contributed by atoms with van der Waals surface area (Å²) in [4.78, 5) is 12.1. The van der Waals surface area contributed by atoms with Gasteiger partial charge in [0.25, 0.3) is 0 Å². The molecule has 1 aromatic carbocycles. The molecule has 134 valence electrons. The Bertz CT molecular complexity index is 709. The van der Waals surface area contributed by atoms with E-state index in [1.807, 2.05) is 0 Å². The first-order valence-corrected chi connectivity index (χ1v) is 10.6. The number of anilines is 2. The number of benzene rings is 1. The van der Waals surface area contributed by atoms with Crippen molar-refractivity contribution in [1.29, 1.82) is 0 Å². The van der Waals surface area contributed by atoms with Crippen LogP contribution in [0.2, 0.25) is 0 Å². The third-order valence-corrected chi connectivity index (χ3v) is 6.55. The number of nitrogens with one attached hydrogen (secondary N) is 2. The predicted octanol–water partition coefficient (Wildman–Crippen LogP) is 4.17. The highest BCUT2D eigenvalue weighted by Gasteiger charge is 2.23. The molecule has 2 aromatic rings. The number of aromatic nitrogens is 2. The molecular formula is C18H24N4OS2. The fourth-order valence-corrected chi connectivity index (χ4v) is 5.03. The Morgan fingerprint density at radius 3 is 2.72 bits per heavy atom. The van der Waals surface area contributed by atoms with E-state index in [1.165, 1.54) is 34.2 Å². The molecule has 3 rings (SSSR count). The van der Waals surface area contributed by atoms with Gasteiger partial charge in [0.2, 0.25) is 11.0 Å². The Labute approximate surface area is 157 Å². The van der Waals surface area contributed by atoms with Gasteiger partial charge < -0.3 is 10.6 Å². The van der Waals surface area contributed by atoms with E-state index in [0.717, 1.165) is 53.8 Å². The van der Waals surface area contributed by atoms with Gasteiger partial charge in [-0.3, -0.25) is 4.79 Å². The molecule has 25 heavy (non-hydrogen) atoms. The lowest BCUT2D eigenvalue weighted by molar-refractivity contribution is -0.120. The number of hydrogen-bond donors (Lipinski definition) is 2. The van der Waals surface area contributed by atoms with Gasteiger partial charge in [0.05, 0.1) is 5.25 Å². The van der Waals surface area contributed by atoms with E-state index in [9.17, 15) is 4.79 Å². The van der Waals surface area contributed by atoms with Crippen LogP contribution < -0.4 is 10.6 Å². The molecular weight excluding hydrogens is 352 g/mol. The molecule has 5 nitrogen and oxygen atoms in total. The monoisotopic (exact) mass is 376 g/mol. The average Bonchev–Trinajstić information content (AvgIpc) is 2.97. The Morgan fingerprint density at radius 1 is 1.24 bits per heavy atom. The van der Waals surface area contributed by atoms with Crippen molar-refractivity contribution in [2.75, 3.05) is 11.9 Å². The number of rotatable bonds is 6. The average molecular weight is 377 g/mol. The zero-order chi connectivity index (χ0) is 17.6. The summed E-state index contributed by atoms with van der Waals surface area (Å²) in [6, 6.07) is 6.40. The van der Waals surface area contributed by atoms with Crippen molar-refractivity contribution >= 4 is 39.8 Å². The van der Waals surface area contributed by atoms with E-state index in [0.29, 0.717) is 0 Å². The van der Waals surface area contributed by atoms with Gasteiger partial charge >= 0.3 is 0 Å². The summed E-state index contributed by atoms with van der Waals surface area (Å²) in [5, 5.41) is 15.7. The van der Waals surface area contributed by atoms with Crippen LogP contribution in [0.25, 0.3) is 0 Å². The molecule has 1 aromatic heterocycles. The van der Waals surface area contributed by atoms with Gasteiger partial charge in [-0.2, -0.15) is 0 Å². The minimum atomic E-state index is -0.0579. The topological polar surface area (TPSA) is 66.9 Å². The minimum absolute atomic E-state index is 0.0579. The fraction of sp³-hybridized carbons (Fsp3) is 0.500. The van der Waals surface area contributed by atoms with Crippen LogP contribution in [-0.2, 0) is 17.6 Å². The minimum Gasteiger partial charge on any atom is -0.355 e. The van der Waals surface area contributed by atoms with Gasteiger partial charge in [-0.1, -0.05) is 61.6 Å². The highest BCUT2D eigenvalue weighted by Crippen LogP contribution is 2.34. The smallest absolute Gasteiger partial charge is 0.233 e. The van der Waals surface area contributed by atoms with Gasteiger partial charge in [-0.15, -0.1) is 10.2 Å². The SMILES string of the molecule is CCc1cccc(CC)c1Nc1nnc(S[C@H]2CCCCNC2=O)s1. The quantitative estimate of drug-likeness (QED) is 0.792. The normalized spacial score (nSPS) is 17.8. The molecule has 1 aliphatic rings. The summed E-state index contributed by atoms with van der Waals surface area (Å²) >= 11 is 3.05. The number of amides is 1. The fourth-order valence-electron chi connectivity index (χ4n) is 2.96. The summed E-state index contributed by atoms with van der Waals surface area (Å²) in [5.41, 5.74) is 3.71. The van der Waals surface area contributed by atoms with E-state index in [2.05, 4.69) is 52.9 Å². The molecule has 1 atom stereocenters. The maximum absolute atomic E-state index is 12.1. The molecule has 2 N–H and O–H groups in total. The number of carbonyl (C=O) groups is 1. The Balaban J connectivity index is 1.73. The predicted molar refractivity (Wildman–Crippen MR) is 105 cm³/mol. The van der Waals surface area contributed by atoms with Crippen LogP contribution in [0.1, 0.15) is 44.2 Å². The lowest BCUT2D eigenvalue weighted by atomic mass is 10.0. The molecule has 1 fully saturated rings. The first-order valence-electron chi connectivity index (χ1n) is 8.87. The van der Waals surface area contributed by atoms with Crippen LogP contribution in [0.5, 0.6) is 0 Å². The van der Waals surface area contributed by atoms with Crippen molar-refractivity contribution in [2.24, 2.45) is 0 Å². The van der Waals surface area contributed by atoms with Crippen molar-refractivity contribution in [3.8, 4) is 0 Å². The summed E-state index contributed by atoms with van der Waals surface area (Å²) in [6.45, 7) is 5.10. The first kappa shape index (κ1) is 18.2. The van der Waals surface area contributed by atoms with E-state index < -0.39 is 0 Å². The van der Waals surface area contributed by atoms with Crippen LogP contribution in [-0.4, -0.2) is 27.9 Å². The zero-order valence-corrected chi connectivity index (χ0v) is 16.3. The Hall–Kier alpha value is -1.60. The van der Waals surface area contributed by atoms with Gasteiger partial charge in [0.1, 0.15) is 0 Å².